The second-order valence-electron chi connectivity index (χ2n) is 0.478. The molecular weight excluding hydrogens is 67.8 g/mol. The van der Waals surface area contributed by atoms with Gasteiger partial charge in [0.2, 0.25) is 0 Å². The SMILES string of the molecule is NCCF.[B]. The maximum absolute atomic E-state index is 10.6. The van der Waals surface area contributed by atoms with Gasteiger partial charge < -0.3 is 5.73 Å². The number of nitrogens with two attached hydrogens (primary N) is 1. The second-order valence-corrected chi connectivity index (χ2v) is 0.478. The van der Waals surface area contributed by atoms with Crippen LogP contribution in [0.4, 0.5) is 4.39 Å². The summed E-state index contributed by atoms with van der Waals surface area (Å²) in [5, 5.41) is 0. The lowest BCUT2D eigenvalue weighted by Gasteiger charge is -1.67. The molecule has 0 aromatic heterocycles. The maximum atomic E-state index is 10.6. The minimum Gasteiger partial charge on any atom is -0.328 e. The molecule has 3 radical (unpaired) electrons. The molecule has 0 aromatic rings. The highest BCUT2D eigenvalue weighted by Gasteiger charge is 1.60. The van der Waals surface area contributed by atoms with E-state index in [1.54, 1.807) is 0 Å². The first-order valence-corrected chi connectivity index (χ1v) is 1.18. The minimum absolute atomic E-state index is 0. The van der Waals surface area contributed by atoms with Gasteiger partial charge in [0.25, 0.3) is 0 Å². The molecule has 2 N–H and O–H groups in total. The third kappa shape index (κ3) is 16.6. The number of hydrogen-bond donors (Lipinski definition) is 1. The van der Waals surface area contributed by atoms with Gasteiger partial charge in [0, 0.05) is 15.0 Å². The fourth-order valence-corrected chi connectivity index (χ4v) is 0. The first-order valence-electron chi connectivity index (χ1n) is 1.18. The largest absolute Gasteiger partial charge is 0.328 e. The number of alkyl halides is 1. The van der Waals surface area contributed by atoms with Crippen LogP contribution in [0.5, 0.6) is 0 Å². The summed E-state index contributed by atoms with van der Waals surface area (Å²) in [7, 11) is 0. The van der Waals surface area contributed by atoms with E-state index in [-0.39, 0.29) is 15.0 Å². The van der Waals surface area contributed by atoms with Gasteiger partial charge in [-0.1, -0.05) is 0 Å². The normalized spacial score (nSPS) is 6.00. The first kappa shape index (κ1) is 8.88. The monoisotopic (exact) mass is 74.1 g/mol. The van der Waals surface area contributed by atoms with Crippen molar-refractivity contribution in [3.8, 4) is 0 Å². The molecule has 0 heterocycles. The van der Waals surface area contributed by atoms with Crippen LogP contribution in [0.2, 0.25) is 0 Å². The molecule has 0 atom stereocenters. The zero-order valence-electron chi connectivity index (χ0n) is 2.95. The van der Waals surface area contributed by atoms with Crippen molar-refractivity contribution in [1.82, 2.24) is 0 Å². The van der Waals surface area contributed by atoms with E-state index in [1.165, 1.54) is 0 Å². The second kappa shape index (κ2) is 9.04. The van der Waals surface area contributed by atoms with Crippen LogP contribution in [-0.4, -0.2) is 21.6 Å². The van der Waals surface area contributed by atoms with Gasteiger partial charge in [0.05, 0.1) is 0 Å². The smallest absolute Gasteiger partial charge is 0.102 e. The lowest BCUT2D eigenvalue weighted by Crippen LogP contribution is -1.98. The molecular formula is C2H6BFN. The quantitative estimate of drug-likeness (QED) is 0.418. The van der Waals surface area contributed by atoms with Crippen molar-refractivity contribution >= 4 is 8.41 Å². The van der Waals surface area contributed by atoms with Crippen molar-refractivity contribution in [2.24, 2.45) is 5.73 Å². The average molecular weight is 73.9 g/mol. The lowest BCUT2D eigenvalue weighted by atomic mass is 10.8. The Bertz CT molecular complexity index is 11.6. The Labute approximate surface area is 32.9 Å². The van der Waals surface area contributed by atoms with Crippen LogP contribution in [-0.2, 0) is 0 Å². The van der Waals surface area contributed by atoms with Crippen molar-refractivity contribution in [2.45, 2.75) is 0 Å². The fraction of sp³-hybridized carbons (Fsp3) is 1.00. The summed E-state index contributed by atoms with van der Waals surface area (Å²) in [5.41, 5.74) is 4.65. The van der Waals surface area contributed by atoms with E-state index in [2.05, 4.69) is 5.73 Å². The van der Waals surface area contributed by atoms with Gasteiger partial charge in [-0.25, -0.2) is 4.39 Å². The zero-order valence-corrected chi connectivity index (χ0v) is 2.95. The van der Waals surface area contributed by atoms with Gasteiger partial charge in [-0.2, -0.15) is 0 Å². The van der Waals surface area contributed by atoms with Crippen LogP contribution in [0.3, 0.4) is 0 Å². The molecule has 0 aromatic carbocycles. The minimum atomic E-state index is -0.403. The summed E-state index contributed by atoms with van der Waals surface area (Å²) in [5.74, 6) is 0. The average Bonchev–Trinajstić information content (AvgIpc) is 1.37. The molecule has 0 aliphatic heterocycles. The van der Waals surface area contributed by atoms with E-state index >= 15 is 0 Å². The van der Waals surface area contributed by atoms with Crippen LogP contribution in [0, 0.1) is 0 Å². The molecule has 0 aliphatic carbocycles. The van der Waals surface area contributed by atoms with Crippen LogP contribution in [0.15, 0.2) is 0 Å². The maximum Gasteiger partial charge on any atom is 0.102 e. The van der Waals surface area contributed by atoms with E-state index in [9.17, 15) is 4.39 Å². The van der Waals surface area contributed by atoms with Crippen molar-refractivity contribution in [1.29, 1.82) is 0 Å². The van der Waals surface area contributed by atoms with Crippen molar-refractivity contribution in [2.75, 3.05) is 13.2 Å². The molecule has 0 rings (SSSR count). The van der Waals surface area contributed by atoms with E-state index in [0.29, 0.717) is 0 Å². The lowest BCUT2D eigenvalue weighted by molar-refractivity contribution is 0.504. The molecule has 0 saturated heterocycles. The Balaban J connectivity index is 0. The Kier molecular flexibility index (Phi) is 16.0. The van der Waals surface area contributed by atoms with Crippen LogP contribution in [0.25, 0.3) is 0 Å². The fourth-order valence-electron chi connectivity index (χ4n) is 0. The first-order chi connectivity index (χ1) is 1.91. The van der Waals surface area contributed by atoms with Gasteiger partial charge >= 0.3 is 0 Å². The zero-order chi connectivity index (χ0) is 3.41. The molecule has 3 heteroatoms. The van der Waals surface area contributed by atoms with Gasteiger partial charge in [-0.3, -0.25) is 0 Å². The number of halogens is 1. The predicted molar refractivity (Wildman–Crippen MR) is 20.8 cm³/mol. The summed E-state index contributed by atoms with van der Waals surface area (Å²) in [6, 6.07) is 0. The van der Waals surface area contributed by atoms with Crippen molar-refractivity contribution in [3.05, 3.63) is 0 Å². The summed E-state index contributed by atoms with van der Waals surface area (Å²) in [6.45, 7) is -0.250. The Hall–Kier alpha value is -0.0451. The number of rotatable bonds is 1. The highest BCUT2D eigenvalue weighted by Crippen LogP contribution is 1.50. The molecule has 0 spiro atoms. The van der Waals surface area contributed by atoms with Gasteiger partial charge in [0.15, 0.2) is 0 Å². The van der Waals surface area contributed by atoms with Gasteiger partial charge in [-0.15, -0.1) is 0 Å². The third-order valence-corrected chi connectivity index (χ3v) is 0.109. The van der Waals surface area contributed by atoms with E-state index in [1.807, 2.05) is 0 Å². The molecule has 0 fully saturated rings. The van der Waals surface area contributed by atoms with E-state index in [4.69, 9.17) is 0 Å². The van der Waals surface area contributed by atoms with Crippen molar-refractivity contribution in [3.63, 3.8) is 0 Å². The molecule has 0 saturated carbocycles. The molecule has 0 amide bonds. The Morgan fingerprint density at radius 3 is 1.80 bits per heavy atom. The molecule has 0 bridgehead atoms. The van der Waals surface area contributed by atoms with Crippen LogP contribution >= 0.6 is 0 Å². The van der Waals surface area contributed by atoms with Crippen LogP contribution in [0.1, 0.15) is 0 Å². The molecule has 29 valence electrons. The molecule has 0 aliphatic rings. The van der Waals surface area contributed by atoms with Gasteiger partial charge in [-0.05, 0) is 0 Å². The standard InChI is InChI=1S/C2H6FN.B/c3-1-2-4;/h1-2,4H2;. The van der Waals surface area contributed by atoms with Gasteiger partial charge in [0.1, 0.15) is 6.67 Å². The van der Waals surface area contributed by atoms with E-state index < -0.39 is 6.67 Å². The summed E-state index contributed by atoms with van der Waals surface area (Å²) >= 11 is 0. The van der Waals surface area contributed by atoms with Crippen LogP contribution < -0.4 is 5.73 Å². The van der Waals surface area contributed by atoms with E-state index in [0.717, 1.165) is 0 Å². The summed E-state index contributed by atoms with van der Waals surface area (Å²) in [6.07, 6.45) is 0. The highest BCUT2D eigenvalue weighted by molar-refractivity contribution is 5.75. The molecule has 0 unspecified atom stereocenters. The highest BCUT2D eigenvalue weighted by atomic mass is 19.1. The Morgan fingerprint density at radius 1 is 1.60 bits per heavy atom. The topological polar surface area (TPSA) is 26.0 Å². The Morgan fingerprint density at radius 2 is 1.80 bits per heavy atom. The summed E-state index contributed by atoms with van der Waals surface area (Å²) in [4.78, 5) is 0. The summed E-state index contributed by atoms with van der Waals surface area (Å²) < 4.78 is 10.6. The molecule has 1 nitrogen and oxygen atoms in total. The molecule has 5 heavy (non-hydrogen) atoms. The predicted octanol–water partition coefficient (Wildman–Crippen LogP) is -0.466. The van der Waals surface area contributed by atoms with Crippen molar-refractivity contribution < 1.29 is 4.39 Å². The third-order valence-electron chi connectivity index (χ3n) is 0.109. The number of hydrogen-bond acceptors (Lipinski definition) is 1.